The number of benzene rings is 1. The second-order valence-corrected chi connectivity index (χ2v) is 6.04. The Kier molecular flexibility index (Phi) is 5.94. The molecule has 0 fully saturated rings. The normalized spacial score (nSPS) is 10.6. The van der Waals surface area contributed by atoms with E-state index < -0.39 is 0 Å². The van der Waals surface area contributed by atoms with Gasteiger partial charge in [-0.15, -0.1) is 0 Å². The van der Waals surface area contributed by atoms with E-state index in [1.54, 1.807) is 0 Å². The molecule has 0 amide bonds. The predicted octanol–water partition coefficient (Wildman–Crippen LogP) is 1.92. The summed E-state index contributed by atoms with van der Waals surface area (Å²) in [6.45, 7) is 2.11. The first kappa shape index (κ1) is 13.0. The van der Waals surface area contributed by atoms with Crippen molar-refractivity contribution in [2.45, 2.75) is 13.3 Å². The topological polar surface area (TPSA) is 47.6 Å². The molecule has 0 saturated heterocycles. The second-order valence-electron chi connectivity index (χ2n) is 2.94. The molecule has 0 unspecified atom stereocenters. The zero-order valence-corrected chi connectivity index (χ0v) is 12.2. The summed E-state index contributed by atoms with van der Waals surface area (Å²) < 4.78 is 1.03. The Hall–Kier alpha value is -1.02. The van der Waals surface area contributed by atoms with E-state index in [9.17, 15) is 0 Å². The first-order valence-corrected chi connectivity index (χ1v) is 8.27. The van der Waals surface area contributed by atoms with Crippen LogP contribution in [0.15, 0.2) is 29.2 Å². The van der Waals surface area contributed by atoms with E-state index in [-0.39, 0.29) is 29.9 Å². The van der Waals surface area contributed by atoms with Gasteiger partial charge in [-0.1, -0.05) is 0 Å². The summed E-state index contributed by atoms with van der Waals surface area (Å²) in [4.78, 5) is 6.25. The summed E-state index contributed by atoms with van der Waals surface area (Å²) in [5.41, 5.74) is 2.37. The van der Waals surface area contributed by atoms with Crippen LogP contribution >= 0.6 is 0 Å². The van der Waals surface area contributed by atoms with Crippen molar-refractivity contribution < 1.29 is 0 Å². The van der Waals surface area contributed by atoms with Crippen molar-refractivity contribution in [2.75, 3.05) is 0 Å². The van der Waals surface area contributed by atoms with Gasteiger partial charge in [0.1, 0.15) is 0 Å². The van der Waals surface area contributed by atoms with Crippen molar-refractivity contribution in [3.8, 4) is 9.94 Å². The van der Waals surface area contributed by atoms with E-state index in [1.165, 1.54) is 5.56 Å². The van der Waals surface area contributed by atoms with E-state index in [4.69, 9.17) is 10.5 Å². The number of rotatable bonds is 4. The van der Waals surface area contributed by atoms with Gasteiger partial charge in [0.05, 0.1) is 0 Å². The summed E-state index contributed by atoms with van der Waals surface area (Å²) in [7, 11) is 0. The van der Waals surface area contributed by atoms with Gasteiger partial charge in [-0.05, 0) is 0 Å². The van der Waals surface area contributed by atoms with E-state index >= 15 is 0 Å². The summed E-state index contributed by atoms with van der Waals surface area (Å²) in [6.07, 6.45) is 1.02. The SMILES string of the molecule is CCc1ccc(C(=C[Se]C#N)[Se]C#N)cc1. The molecule has 1 aromatic rings. The van der Waals surface area contributed by atoms with Crippen LogP contribution in [0.4, 0.5) is 0 Å². The van der Waals surface area contributed by atoms with E-state index in [2.05, 4.69) is 29.0 Å². The fourth-order valence-electron chi connectivity index (χ4n) is 1.18. The molecule has 4 heteroatoms. The predicted molar refractivity (Wildman–Crippen MR) is 66.5 cm³/mol. The van der Waals surface area contributed by atoms with Gasteiger partial charge in [0.2, 0.25) is 0 Å². The molecule has 0 aromatic heterocycles. The van der Waals surface area contributed by atoms with Gasteiger partial charge < -0.3 is 0 Å². The van der Waals surface area contributed by atoms with Crippen LogP contribution in [0.1, 0.15) is 18.1 Å². The molecule has 0 radical (unpaired) electrons. The molecule has 0 saturated carbocycles. The molecule has 0 heterocycles. The average molecular weight is 340 g/mol. The molecule has 0 aliphatic carbocycles. The van der Waals surface area contributed by atoms with Gasteiger partial charge in [-0.3, -0.25) is 0 Å². The van der Waals surface area contributed by atoms with Gasteiger partial charge in [-0.25, -0.2) is 0 Å². The Balaban J connectivity index is 2.94. The maximum absolute atomic E-state index is 8.76. The van der Waals surface area contributed by atoms with Crippen LogP contribution in [-0.4, -0.2) is 29.9 Å². The van der Waals surface area contributed by atoms with E-state index in [0.717, 1.165) is 16.5 Å². The van der Waals surface area contributed by atoms with Gasteiger partial charge in [0.15, 0.2) is 0 Å². The second kappa shape index (κ2) is 7.28. The minimum absolute atomic E-state index is 0.155. The molecule has 0 spiro atoms. The minimum atomic E-state index is -0.188. The molecular formula is C12H10N2Se2. The molecule has 1 aromatic carbocycles. The zero-order valence-electron chi connectivity index (χ0n) is 8.80. The van der Waals surface area contributed by atoms with Gasteiger partial charge in [0, 0.05) is 0 Å². The molecule has 0 atom stereocenters. The summed E-state index contributed by atoms with van der Waals surface area (Å²) in [5.74, 6) is 0. The van der Waals surface area contributed by atoms with E-state index in [1.807, 2.05) is 17.1 Å². The Morgan fingerprint density at radius 3 is 2.44 bits per heavy atom. The van der Waals surface area contributed by atoms with Crippen molar-refractivity contribution in [1.82, 2.24) is 0 Å². The van der Waals surface area contributed by atoms with Crippen LogP contribution in [-0.2, 0) is 6.42 Å². The molecule has 1 rings (SSSR count). The summed E-state index contributed by atoms with van der Waals surface area (Å²) in [6, 6.07) is 8.24. The Bertz CT molecular complexity index is 449. The first-order chi connectivity index (χ1) is 7.81. The number of hydrogen-bond donors (Lipinski definition) is 0. The van der Waals surface area contributed by atoms with Crippen LogP contribution in [0.5, 0.6) is 0 Å². The van der Waals surface area contributed by atoms with Crippen molar-refractivity contribution in [2.24, 2.45) is 0 Å². The van der Waals surface area contributed by atoms with Crippen LogP contribution in [0, 0.1) is 20.5 Å². The van der Waals surface area contributed by atoms with Crippen LogP contribution in [0.2, 0.25) is 0 Å². The molecule has 80 valence electrons. The Morgan fingerprint density at radius 2 is 1.94 bits per heavy atom. The van der Waals surface area contributed by atoms with Crippen LogP contribution in [0.3, 0.4) is 0 Å². The van der Waals surface area contributed by atoms with Crippen molar-refractivity contribution in [3.05, 3.63) is 40.4 Å². The fourth-order valence-corrected chi connectivity index (χ4v) is 3.69. The molecule has 0 aliphatic heterocycles. The van der Waals surface area contributed by atoms with Crippen molar-refractivity contribution >= 4 is 34.4 Å². The third-order valence-corrected chi connectivity index (χ3v) is 5.14. The molecule has 0 bridgehead atoms. The number of aryl methyl sites for hydroxylation is 1. The van der Waals surface area contributed by atoms with Gasteiger partial charge in [-0.2, -0.15) is 0 Å². The molecule has 16 heavy (non-hydrogen) atoms. The quantitative estimate of drug-likeness (QED) is 0.787. The third kappa shape index (κ3) is 3.86. The Morgan fingerprint density at radius 1 is 1.25 bits per heavy atom. The third-order valence-electron chi connectivity index (χ3n) is 2.02. The standard InChI is InChI=1S/C12H10N2Se2/c1-2-10-3-5-11(6-4-10)12(16-9-14)7-15-8-13/h3-7H,2H2,1H3. The summed E-state index contributed by atoms with van der Waals surface area (Å²) in [5, 5.41) is 17.3. The average Bonchev–Trinajstić information content (AvgIpc) is 2.35. The van der Waals surface area contributed by atoms with E-state index in [0.29, 0.717) is 0 Å². The monoisotopic (exact) mass is 342 g/mol. The molecule has 2 nitrogen and oxygen atoms in total. The van der Waals surface area contributed by atoms with Crippen LogP contribution < -0.4 is 0 Å². The maximum atomic E-state index is 8.76. The Labute approximate surface area is 108 Å². The van der Waals surface area contributed by atoms with Crippen molar-refractivity contribution in [1.29, 1.82) is 10.5 Å². The number of nitriles is 2. The molecular weight excluding hydrogens is 330 g/mol. The fraction of sp³-hybridized carbons (Fsp3) is 0.167. The van der Waals surface area contributed by atoms with Crippen LogP contribution in [0.25, 0.3) is 4.47 Å². The summed E-state index contributed by atoms with van der Waals surface area (Å²) >= 11 is -0.344. The van der Waals surface area contributed by atoms with Gasteiger partial charge >= 0.3 is 109 Å². The zero-order chi connectivity index (χ0) is 11.8. The number of hydrogen-bond acceptors (Lipinski definition) is 2. The molecule has 0 N–H and O–H groups in total. The number of nitrogens with zero attached hydrogens (tertiary/aromatic N) is 2. The van der Waals surface area contributed by atoms with Gasteiger partial charge in [0.25, 0.3) is 0 Å². The van der Waals surface area contributed by atoms with Crippen molar-refractivity contribution in [3.63, 3.8) is 0 Å². The first-order valence-electron chi connectivity index (χ1n) is 4.72. The molecule has 0 aliphatic rings.